The van der Waals surface area contributed by atoms with Gasteiger partial charge < -0.3 is 26.2 Å². The van der Waals surface area contributed by atoms with Crippen LogP contribution in [0.3, 0.4) is 0 Å². The minimum Gasteiger partial charge on any atom is -0.480 e. The lowest BCUT2D eigenvalue weighted by Gasteiger charge is -2.33. The number of hydrogen-bond donors (Lipinski definition) is 4. The second-order valence-corrected chi connectivity index (χ2v) is 11.0. The van der Waals surface area contributed by atoms with Crippen LogP contribution in [0.1, 0.15) is 22.5 Å². The number of carbonyl (C=O) groups excluding carboxylic acids is 3. The molecule has 3 amide bonds. The predicted molar refractivity (Wildman–Crippen MR) is 147 cm³/mol. The summed E-state index contributed by atoms with van der Waals surface area (Å²) in [5, 5.41) is 16.6. The summed E-state index contributed by atoms with van der Waals surface area (Å²) in [7, 11) is 0. The lowest BCUT2D eigenvalue weighted by Crippen LogP contribution is -2.47. The van der Waals surface area contributed by atoms with Crippen LogP contribution < -0.4 is 16.4 Å². The number of hydrogen-bond acceptors (Lipinski definition) is 9. The Balaban J connectivity index is 0.00000507. The van der Waals surface area contributed by atoms with E-state index in [1.165, 1.54) is 5.38 Å². The summed E-state index contributed by atoms with van der Waals surface area (Å²) in [6, 6.07) is 4.09. The summed E-state index contributed by atoms with van der Waals surface area (Å²) in [5.41, 5.74) is 6.04. The van der Waals surface area contributed by atoms with Crippen molar-refractivity contribution < 1.29 is 29.0 Å². The third-order valence-corrected chi connectivity index (χ3v) is 7.95. The topological polar surface area (TPSA) is 164 Å². The molecule has 1 aromatic heterocycles. The molecule has 38 heavy (non-hydrogen) atoms. The Hall–Kier alpha value is -2.13. The number of thiazole rings is 1. The fourth-order valence-corrected chi connectivity index (χ4v) is 5.37. The number of primary amides is 1. The molecule has 1 aliphatic rings. The van der Waals surface area contributed by atoms with E-state index in [9.17, 15) is 19.2 Å². The lowest BCUT2D eigenvalue weighted by atomic mass is 10.2. The molecule has 208 valence electrons. The molecular weight excluding hydrogens is 601 g/mol. The fraction of sp³-hybridized carbons (Fsp3) is 0.409. The van der Waals surface area contributed by atoms with Crippen LogP contribution in [-0.4, -0.2) is 82.8 Å². The number of ether oxygens (including phenoxy) is 1. The standard InChI is InChI=1S/C22H25Cl2N5O6S2.ClH/c23-14-2-1-12(5-15(14)24)8-29-3-4-35-13(9-29)7-26-19(31)11-37-22-28-17(10-36-22)20(32)27-16(21(33)34)6-18(25)30;/h1-2,5,10,13,16H,3-4,6-9,11H2,(H2,25,30)(H,26,31)(H,27,32)(H,33,34);1H/t13-,16-;/m0./s1. The van der Waals surface area contributed by atoms with Crippen molar-refractivity contribution in [3.05, 3.63) is 44.9 Å². The zero-order valence-electron chi connectivity index (χ0n) is 19.9. The molecule has 2 aromatic rings. The van der Waals surface area contributed by atoms with Crippen LogP contribution in [-0.2, 0) is 25.7 Å². The van der Waals surface area contributed by atoms with Gasteiger partial charge in [-0.1, -0.05) is 41.0 Å². The highest BCUT2D eigenvalue weighted by molar-refractivity contribution is 8.01. The number of aliphatic carboxylic acids is 1. The van der Waals surface area contributed by atoms with Crippen LogP contribution >= 0.6 is 58.7 Å². The maximum absolute atomic E-state index is 12.3. The first-order valence-corrected chi connectivity index (χ1v) is 13.7. The van der Waals surface area contributed by atoms with Crippen LogP contribution in [0.5, 0.6) is 0 Å². The highest BCUT2D eigenvalue weighted by atomic mass is 35.5. The van der Waals surface area contributed by atoms with Gasteiger partial charge in [0.15, 0.2) is 4.34 Å². The number of amides is 3. The van der Waals surface area contributed by atoms with E-state index in [0.29, 0.717) is 40.6 Å². The smallest absolute Gasteiger partial charge is 0.326 e. The molecule has 0 aliphatic carbocycles. The number of nitrogens with one attached hydrogen (secondary N) is 2. The predicted octanol–water partition coefficient (Wildman–Crippen LogP) is 2.04. The van der Waals surface area contributed by atoms with E-state index in [2.05, 4.69) is 20.5 Å². The summed E-state index contributed by atoms with van der Waals surface area (Å²) < 4.78 is 6.23. The van der Waals surface area contributed by atoms with Gasteiger partial charge in [0.2, 0.25) is 11.8 Å². The Kier molecular flexibility index (Phi) is 13.1. The van der Waals surface area contributed by atoms with E-state index in [0.717, 1.165) is 35.2 Å². The zero-order chi connectivity index (χ0) is 26.9. The third kappa shape index (κ3) is 10.2. The van der Waals surface area contributed by atoms with Gasteiger partial charge in [0.05, 0.1) is 34.9 Å². The number of carboxylic acids is 1. The maximum atomic E-state index is 12.3. The van der Waals surface area contributed by atoms with E-state index in [4.69, 9.17) is 38.8 Å². The molecule has 0 bridgehead atoms. The molecule has 1 aromatic carbocycles. The minimum atomic E-state index is -1.45. The molecule has 0 unspecified atom stereocenters. The number of thioether (sulfide) groups is 1. The molecule has 3 rings (SSSR count). The van der Waals surface area contributed by atoms with Crippen molar-refractivity contribution in [3.63, 3.8) is 0 Å². The molecule has 1 saturated heterocycles. The Morgan fingerprint density at radius 1 is 1.29 bits per heavy atom. The van der Waals surface area contributed by atoms with Gasteiger partial charge in [0.25, 0.3) is 5.91 Å². The van der Waals surface area contributed by atoms with Crippen LogP contribution in [0, 0.1) is 0 Å². The van der Waals surface area contributed by atoms with Gasteiger partial charge in [-0.15, -0.1) is 23.7 Å². The Morgan fingerprint density at radius 3 is 2.74 bits per heavy atom. The van der Waals surface area contributed by atoms with Gasteiger partial charge in [0, 0.05) is 31.6 Å². The number of rotatable bonds is 12. The van der Waals surface area contributed by atoms with Gasteiger partial charge >= 0.3 is 5.97 Å². The monoisotopic (exact) mass is 625 g/mol. The van der Waals surface area contributed by atoms with Crippen LogP contribution in [0.2, 0.25) is 10.0 Å². The van der Waals surface area contributed by atoms with Crippen molar-refractivity contribution in [2.45, 2.75) is 29.5 Å². The van der Waals surface area contributed by atoms with Gasteiger partial charge in [0.1, 0.15) is 11.7 Å². The normalized spacial score (nSPS) is 16.2. The van der Waals surface area contributed by atoms with Crippen LogP contribution in [0.25, 0.3) is 0 Å². The first-order chi connectivity index (χ1) is 17.6. The van der Waals surface area contributed by atoms with Gasteiger partial charge in [-0.25, -0.2) is 9.78 Å². The molecule has 1 fully saturated rings. The van der Waals surface area contributed by atoms with E-state index in [1.807, 2.05) is 12.1 Å². The van der Waals surface area contributed by atoms with E-state index in [-0.39, 0.29) is 35.9 Å². The van der Waals surface area contributed by atoms with E-state index >= 15 is 0 Å². The molecule has 2 atom stereocenters. The third-order valence-electron chi connectivity index (χ3n) is 5.19. The summed E-state index contributed by atoms with van der Waals surface area (Å²) in [5.74, 6) is -3.13. The number of nitrogens with two attached hydrogens (primary N) is 1. The average Bonchev–Trinajstić information content (AvgIpc) is 3.32. The molecule has 2 heterocycles. The Morgan fingerprint density at radius 2 is 2.05 bits per heavy atom. The first kappa shape index (κ1) is 32.1. The number of benzene rings is 1. The second kappa shape index (κ2) is 15.5. The number of nitrogens with zero attached hydrogens (tertiary/aromatic N) is 2. The second-order valence-electron chi connectivity index (χ2n) is 8.10. The summed E-state index contributed by atoms with van der Waals surface area (Å²) in [6.07, 6.45) is -0.700. The summed E-state index contributed by atoms with van der Waals surface area (Å²) >= 11 is 14.4. The number of halogens is 3. The molecule has 5 N–H and O–H groups in total. The average molecular weight is 627 g/mol. The van der Waals surface area contributed by atoms with Crippen molar-refractivity contribution in [2.24, 2.45) is 5.73 Å². The van der Waals surface area contributed by atoms with E-state index < -0.39 is 30.2 Å². The number of morpholine rings is 1. The SMILES string of the molecule is Cl.NC(=O)C[C@H](NC(=O)c1csc(SCC(=O)NC[C@H]2CN(Cc3ccc(Cl)c(Cl)c3)CCO2)n1)C(=O)O. The summed E-state index contributed by atoms with van der Waals surface area (Å²) in [4.78, 5) is 53.1. The molecule has 16 heteroatoms. The van der Waals surface area contributed by atoms with Crippen molar-refractivity contribution in [3.8, 4) is 0 Å². The maximum Gasteiger partial charge on any atom is 0.326 e. The van der Waals surface area contributed by atoms with Crippen molar-refractivity contribution in [1.82, 2.24) is 20.5 Å². The molecule has 11 nitrogen and oxygen atoms in total. The quantitative estimate of drug-likeness (QED) is 0.258. The van der Waals surface area contributed by atoms with Crippen molar-refractivity contribution in [2.75, 3.05) is 32.0 Å². The molecular formula is C22H26Cl3N5O6S2. The zero-order valence-corrected chi connectivity index (χ0v) is 23.8. The van der Waals surface area contributed by atoms with Crippen molar-refractivity contribution in [1.29, 1.82) is 0 Å². The summed E-state index contributed by atoms with van der Waals surface area (Å²) in [6.45, 7) is 2.99. The lowest BCUT2D eigenvalue weighted by molar-refractivity contribution is -0.141. The number of carboxylic acid groups (broad SMARTS) is 1. The van der Waals surface area contributed by atoms with Crippen LogP contribution in [0.4, 0.5) is 0 Å². The molecule has 0 saturated carbocycles. The van der Waals surface area contributed by atoms with Gasteiger partial charge in [-0.3, -0.25) is 19.3 Å². The number of aromatic nitrogens is 1. The highest BCUT2D eigenvalue weighted by Gasteiger charge is 2.24. The van der Waals surface area contributed by atoms with Crippen molar-refractivity contribution >= 4 is 82.4 Å². The fourth-order valence-electron chi connectivity index (χ4n) is 3.41. The largest absolute Gasteiger partial charge is 0.480 e. The Labute approximate surface area is 243 Å². The van der Waals surface area contributed by atoms with Crippen LogP contribution in [0.15, 0.2) is 27.9 Å². The Bertz CT molecular complexity index is 1150. The van der Waals surface area contributed by atoms with Gasteiger partial charge in [-0.2, -0.15) is 0 Å². The molecule has 1 aliphatic heterocycles. The highest BCUT2D eigenvalue weighted by Crippen LogP contribution is 2.24. The minimum absolute atomic E-state index is 0. The molecule has 0 radical (unpaired) electrons. The number of carbonyl (C=O) groups is 4. The molecule has 0 spiro atoms. The van der Waals surface area contributed by atoms with Gasteiger partial charge in [-0.05, 0) is 17.7 Å². The first-order valence-electron chi connectivity index (χ1n) is 11.1. The van der Waals surface area contributed by atoms with E-state index in [1.54, 1.807) is 6.07 Å².